The molecule has 4 atom stereocenters. The molecule has 1 aromatic rings. The molecule has 21 heavy (non-hydrogen) atoms. The van der Waals surface area contributed by atoms with Gasteiger partial charge in [-0.3, -0.25) is 0 Å². The Labute approximate surface area is 111 Å². The average molecular weight is 322 g/mol. The first-order valence-electron chi connectivity index (χ1n) is 8.17. The van der Waals surface area contributed by atoms with Gasteiger partial charge in [0.25, 0.3) is 0 Å². The Morgan fingerprint density at radius 3 is 1.86 bits per heavy atom. The molecule has 3 nitrogen and oxygen atoms in total. The number of phenols is 1. The Hall–Kier alpha value is -0.991. The minimum absolute atomic E-state index is 0.178. The molecule has 1 N–H and O–H groups in total. The van der Waals surface area contributed by atoms with Crippen molar-refractivity contribution >= 4 is 5.97 Å². The molecule has 0 aromatic heterocycles. The molecule has 10 heterocycles. The number of phenolic OH excluding ortho intramolecular Hbond substituents is 1. The van der Waals surface area contributed by atoms with Gasteiger partial charge < -0.3 is 0 Å². The second-order valence-electron chi connectivity index (χ2n) is 11.6. The number of carbonyl (C=O) groups is 1. The molecule has 108 valence electrons. The number of rotatable bonds is 2. The van der Waals surface area contributed by atoms with Crippen molar-refractivity contribution < 1.29 is 21.1 Å². The number of aromatic hydroxyl groups is 1. The summed E-state index contributed by atoms with van der Waals surface area (Å²) in [5, 5.41) is 9.37. The number of carbonyl (C=O) groups excluding carboxylic acids is 1. The van der Waals surface area contributed by atoms with E-state index in [-0.39, 0.29) is 16.0 Å². The zero-order chi connectivity index (χ0) is 13.3. The molecule has 0 amide bonds. The van der Waals surface area contributed by atoms with Crippen LogP contribution in [-0.2, 0) is 11.3 Å². The fourth-order valence-corrected chi connectivity index (χ4v) is 91.0. The fraction of sp³-hybridized carbons (Fsp3) is 0.588. The standard InChI is InChI=1S/C12H9O3.C5H5.Fe/c13-10-5-7-11(8-6-10)15-12(14)9-3-1-2-4-9;1-2-4-5-3-1;/h1-8,13H;1-5H;. The second-order valence-corrected chi connectivity index (χ2v) is 35.1. The Kier molecular flexibility index (Phi) is 0.285. The number of ether oxygens (including phenoxy) is 1. The monoisotopic (exact) mass is 322 g/mol. The summed E-state index contributed by atoms with van der Waals surface area (Å²) in [7, 11) is 0. The summed E-state index contributed by atoms with van der Waals surface area (Å²) in [6, 6.07) is 6.69. The Bertz CT molecular complexity index is 1180. The fourth-order valence-electron chi connectivity index (χ4n) is 17.4. The third-order valence-corrected chi connectivity index (χ3v) is 58.3. The van der Waals surface area contributed by atoms with Crippen LogP contribution in [0.3, 0.4) is 0 Å². The van der Waals surface area contributed by atoms with E-state index in [1.54, 1.807) is 24.3 Å². The van der Waals surface area contributed by atoms with Crippen LogP contribution in [0.15, 0.2) is 24.3 Å². The summed E-state index contributed by atoms with van der Waals surface area (Å²) in [6.45, 7) is -3.34. The van der Waals surface area contributed by atoms with Crippen LogP contribution in [0.4, 0.5) is 0 Å². The Balaban J connectivity index is 1.23. The van der Waals surface area contributed by atoms with Crippen molar-refractivity contribution in [3.63, 3.8) is 0 Å². The van der Waals surface area contributed by atoms with Gasteiger partial charge in [0.1, 0.15) is 0 Å². The van der Waals surface area contributed by atoms with Gasteiger partial charge in [-0.2, -0.15) is 0 Å². The summed E-state index contributed by atoms with van der Waals surface area (Å²) in [4.78, 5) is 23.2. The van der Waals surface area contributed by atoms with Crippen LogP contribution in [-0.4, -0.2) is 11.1 Å². The van der Waals surface area contributed by atoms with Gasteiger partial charge in [-0.25, -0.2) is 0 Å². The molecule has 4 unspecified atom stereocenters. The van der Waals surface area contributed by atoms with Crippen LogP contribution in [0.2, 0.25) is 47.7 Å². The van der Waals surface area contributed by atoms with Crippen LogP contribution < -0.4 is 4.74 Å². The molecule has 0 radical (unpaired) electrons. The van der Waals surface area contributed by atoms with Crippen molar-refractivity contribution in [1.29, 1.82) is 0 Å². The quantitative estimate of drug-likeness (QED) is 0.507. The molecular formula is C17H14FeO3. The molecule has 1 spiro atoms. The van der Waals surface area contributed by atoms with E-state index in [0.29, 0.717) is 5.75 Å². The first kappa shape index (κ1) is 8.03. The summed E-state index contributed by atoms with van der Waals surface area (Å²) >= 11 is 0. The van der Waals surface area contributed by atoms with E-state index in [2.05, 4.69) is 0 Å². The average Bonchev–Trinajstić information content (AvgIpc) is 3.42. The number of hydrogen-bond acceptors (Lipinski definition) is 3. The SMILES string of the molecule is O=C(Oc1ccc(O)cc1)[C]12[CH]3[CH]4[CH]5[CH]1[Fe]45321678[CH]2[CH]1[CH]6[CH]7[CH]28. The third kappa shape index (κ3) is 0.102. The van der Waals surface area contributed by atoms with E-state index in [1.807, 2.05) is 0 Å². The third-order valence-electron chi connectivity index (χ3n) is 16.0. The molecule has 1 aromatic carbocycles. The van der Waals surface area contributed by atoms with E-state index in [9.17, 15) is 9.90 Å². The summed E-state index contributed by atoms with van der Waals surface area (Å²) in [5.74, 6) is 1.06. The van der Waals surface area contributed by atoms with Crippen molar-refractivity contribution in [1.82, 2.24) is 0 Å². The van der Waals surface area contributed by atoms with Gasteiger partial charge in [0.15, 0.2) is 0 Å². The normalized spacial score (nSPS) is 98.2. The number of benzene rings is 1. The van der Waals surface area contributed by atoms with Crippen molar-refractivity contribution in [3.8, 4) is 11.5 Å². The van der Waals surface area contributed by atoms with Crippen molar-refractivity contribution in [2.45, 2.75) is 47.7 Å². The molecular weight excluding hydrogens is 308 g/mol. The van der Waals surface area contributed by atoms with E-state index >= 15 is 0 Å². The summed E-state index contributed by atoms with van der Waals surface area (Å²) in [6.07, 6.45) is 0. The van der Waals surface area contributed by atoms with E-state index in [1.165, 1.54) is 0 Å². The maximum absolute atomic E-state index is 13.2. The van der Waals surface area contributed by atoms with Crippen LogP contribution in [0.1, 0.15) is 0 Å². The van der Waals surface area contributed by atoms with Gasteiger partial charge in [0.05, 0.1) is 0 Å². The minimum atomic E-state index is -3.34. The Morgan fingerprint density at radius 1 is 0.952 bits per heavy atom. The van der Waals surface area contributed by atoms with Gasteiger partial charge >= 0.3 is 111 Å². The number of hydrogen-bond donors (Lipinski definition) is 1. The molecule has 10 saturated heterocycles. The second kappa shape index (κ2) is 0.744. The predicted molar refractivity (Wildman–Crippen MR) is 70.2 cm³/mol. The topological polar surface area (TPSA) is 46.5 Å². The Morgan fingerprint density at radius 2 is 1.48 bits per heavy atom. The van der Waals surface area contributed by atoms with Crippen LogP contribution in [0.5, 0.6) is 11.5 Å². The van der Waals surface area contributed by atoms with Gasteiger partial charge in [-0.1, -0.05) is 0 Å². The van der Waals surface area contributed by atoms with Gasteiger partial charge in [-0.15, -0.1) is 0 Å². The molecule has 10 aliphatic heterocycles. The molecule has 0 aliphatic carbocycles. The summed E-state index contributed by atoms with van der Waals surface area (Å²) < 4.78 is 6.06. The molecule has 10 fully saturated rings. The molecule has 4 heteroatoms. The first-order chi connectivity index (χ1) is 9.94. The van der Waals surface area contributed by atoms with E-state index in [4.69, 9.17) is 4.74 Å². The van der Waals surface area contributed by atoms with Crippen molar-refractivity contribution in [3.05, 3.63) is 24.3 Å². The van der Waals surface area contributed by atoms with Crippen LogP contribution in [0, 0.1) is 0 Å². The molecule has 10 aliphatic rings. The van der Waals surface area contributed by atoms with E-state index < -0.39 is 6.51 Å². The zero-order valence-electron chi connectivity index (χ0n) is 11.1. The van der Waals surface area contributed by atoms with Crippen LogP contribution >= 0.6 is 0 Å². The molecule has 0 bridgehead atoms. The van der Waals surface area contributed by atoms with Gasteiger partial charge in [0.2, 0.25) is 0 Å². The summed E-state index contributed by atoms with van der Waals surface area (Å²) in [5.41, 5.74) is 0. The molecule has 11 rings (SSSR count). The maximum atomic E-state index is 13.2. The van der Waals surface area contributed by atoms with E-state index in [0.717, 1.165) is 43.3 Å². The van der Waals surface area contributed by atoms with Gasteiger partial charge in [-0.05, 0) is 0 Å². The van der Waals surface area contributed by atoms with Crippen LogP contribution in [0.25, 0.3) is 0 Å². The number of fused-ring (bicyclic) bond motifs is 10. The first-order valence-corrected chi connectivity index (χ1v) is 14.5. The van der Waals surface area contributed by atoms with Crippen molar-refractivity contribution in [2.24, 2.45) is 0 Å². The zero-order valence-corrected chi connectivity index (χ0v) is 12.2. The number of esters is 1. The van der Waals surface area contributed by atoms with Crippen molar-refractivity contribution in [2.75, 3.05) is 0 Å². The predicted octanol–water partition coefficient (Wildman–Crippen LogP) is 4.06. The van der Waals surface area contributed by atoms with Gasteiger partial charge in [0, 0.05) is 0 Å². The molecule has 0 saturated carbocycles.